The molecule has 0 aromatic heterocycles. The van der Waals surface area contributed by atoms with Crippen molar-refractivity contribution in [2.24, 2.45) is 0 Å². The summed E-state index contributed by atoms with van der Waals surface area (Å²) in [6.45, 7) is 4.90. The van der Waals surface area contributed by atoms with Crippen LogP contribution in [0.1, 0.15) is 27.8 Å². The van der Waals surface area contributed by atoms with Crippen LogP contribution in [0.2, 0.25) is 5.02 Å². The Labute approximate surface area is 227 Å². The van der Waals surface area contributed by atoms with E-state index in [1.807, 2.05) is 42.5 Å². The SMILES string of the molecule is Cc1ccc(COc2ccc(Cl)cc2/C=C(\C#N)C(=O)Nc2ccc(OCc3ccccc3)cc2)cc1C. The van der Waals surface area contributed by atoms with Gasteiger partial charge in [-0.3, -0.25) is 4.79 Å². The Morgan fingerprint density at radius 3 is 2.32 bits per heavy atom. The minimum atomic E-state index is -0.537. The molecule has 38 heavy (non-hydrogen) atoms. The Balaban J connectivity index is 1.43. The number of nitrogens with zero attached hydrogens (tertiary/aromatic N) is 1. The molecule has 0 aliphatic carbocycles. The van der Waals surface area contributed by atoms with Gasteiger partial charge in [-0.05, 0) is 84.6 Å². The summed E-state index contributed by atoms with van der Waals surface area (Å²) in [7, 11) is 0. The summed E-state index contributed by atoms with van der Waals surface area (Å²) in [4.78, 5) is 12.9. The molecule has 4 rings (SSSR count). The smallest absolute Gasteiger partial charge is 0.266 e. The average Bonchev–Trinajstić information content (AvgIpc) is 2.93. The van der Waals surface area contributed by atoms with E-state index >= 15 is 0 Å². The molecule has 0 heterocycles. The number of carbonyl (C=O) groups is 1. The molecule has 0 unspecified atom stereocenters. The van der Waals surface area contributed by atoms with Crippen molar-refractivity contribution in [3.8, 4) is 17.6 Å². The number of benzene rings is 4. The highest BCUT2D eigenvalue weighted by Crippen LogP contribution is 2.27. The topological polar surface area (TPSA) is 71.3 Å². The summed E-state index contributed by atoms with van der Waals surface area (Å²) >= 11 is 6.21. The molecular weight excluding hydrogens is 496 g/mol. The number of nitriles is 1. The average molecular weight is 523 g/mol. The van der Waals surface area contributed by atoms with Crippen molar-refractivity contribution in [3.63, 3.8) is 0 Å². The zero-order valence-electron chi connectivity index (χ0n) is 21.2. The first kappa shape index (κ1) is 26.5. The Kier molecular flexibility index (Phi) is 8.81. The molecule has 0 spiro atoms. The molecular formula is C32H27ClN2O3. The molecule has 4 aromatic rings. The summed E-state index contributed by atoms with van der Waals surface area (Å²) in [5.41, 5.74) is 5.48. The summed E-state index contributed by atoms with van der Waals surface area (Å²) < 4.78 is 11.8. The van der Waals surface area contributed by atoms with Crippen molar-refractivity contribution in [2.45, 2.75) is 27.1 Å². The Morgan fingerprint density at radius 2 is 1.61 bits per heavy atom. The Morgan fingerprint density at radius 1 is 0.868 bits per heavy atom. The third-order valence-electron chi connectivity index (χ3n) is 5.96. The van der Waals surface area contributed by atoms with E-state index in [1.54, 1.807) is 42.5 Å². The number of amides is 1. The lowest BCUT2D eigenvalue weighted by Gasteiger charge is -2.12. The number of aryl methyl sites for hydroxylation is 2. The number of nitrogens with one attached hydrogen (secondary N) is 1. The largest absolute Gasteiger partial charge is 0.489 e. The van der Waals surface area contributed by atoms with E-state index in [1.165, 1.54) is 17.2 Å². The van der Waals surface area contributed by atoms with Crippen LogP contribution in [0.3, 0.4) is 0 Å². The number of hydrogen-bond acceptors (Lipinski definition) is 4. The van der Waals surface area contributed by atoms with E-state index < -0.39 is 5.91 Å². The molecule has 0 atom stereocenters. The standard InChI is InChI=1S/C32H27ClN2O3/c1-22-8-9-25(16-23(22)2)21-38-31-15-10-28(33)18-26(31)17-27(19-34)32(36)35-29-11-13-30(14-12-29)37-20-24-6-4-3-5-7-24/h3-18H,20-21H2,1-2H3,(H,35,36)/b27-17+. The quantitative estimate of drug-likeness (QED) is 0.181. The van der Waals surface area contributed by atoms with Crippen LogP contribution in [0, 0.1) is 25.2 Å². The van der Waals surface area contributed by atoms with E-state index in [0.29, 0.717) is 41.0 Å². The maximum absolute atomic E-state index is 12.9. The molecule has 0 bridgehead atoms. The van der Waals surface area contributed by atoms with Gasteiger partial charge in [-0.25, -0.2) is 0 Å². The number of rotatable bonds is 9. The number of carbonyl (C=O) groups excluding carboxylic acids is 1. The van der Waals surface area contributed by atoms with Crippen LogP contribution in [0.25, 0.3) is 6.08 Å². The highest BCUT2D eigenvalue weighted by atomic mass is 35.5. The number of ether oxygens (including phenoxy) is 2. The van der Waals surface area contributed by atoms with Crippen LogP contribution in [0.5, 0.6) is 11.5 Å². The van der Waals surface area contributed by atoms with Crippen molar-refractivity contribution >= 4 is 29.3 Å². The van der Waals surface area contributed by atoms with Gasteiger partial charge in [0, 0.05) is 16.3 Å². The zero-order chi connectivity index (χ0) is 26.9. The van der Waals surface area contributed by atoms with Crippen LogP contribution in [0.15, 0.2) is 96.6 Å². The predicted octanol–water partition coefficient (Wildman–Crippen LogP) is 7.66. The molecule has 0 fully saturated rings. The van der Waals surface area contributed by atoms with Crippen LogP contribution in [0.4, 0.5) is 5.69 Å². The normalized spacial score (nSPS) is 10.9. The lowest BCUT2D eigenvalue weighted by atomic mass is 10.1. The fraction of sp³-hybridized carbons (Fsp3) is 0.125. The number of anilines is 1. The third-order valence-corrected chi connectivity index (χ3v) is 6.20. The van der Waals surface area contributed by atoms with Crippen LogP contribution >= 0.6 is 11.6 Å². The fourth-order valence-corrected chi connectivity index (χ4v) is 3.88. The van der Waals surface area contributed by atoms with Gasteiger partial charge in [0.1, 0.15) is 36.4 Å². The minimum Gasteiger partial charge on any atom is -0.489 e. The van der Waals surface area contributed by atoms with E-state index in [9.17, 15) is 10.1 Å². The summed E-state index contributed by atoms with van der Waals surface area (Å²) in [6.07, 6.45) is 1.48. The Hall–Kier alpha value is -4.53. The van der Waals surface area contributed by atoms with Gasteiger partial charge in [0.25, 0.3) is 5.91 Å². The second-order valence-electron chi connectivity index (χ2n) is 8.81. The van der Waals surface area contributed by atoms with Crippen molar-refractivity contribution in [2.75, 3.05) is 5.32 Å². The molecule has 5 nitrogen and oxygen atoms in total. The number of halogens is 1. The molecule has 1 amide bonds. The first-order valence-electron chi connectivity index (χ1n) is 12.1. The van der Waals surface area contributed by atoms with Gasteiger partial charge in [0.05, 0.1) is 0 Å². The van der Waals surface area contributed by atoms with Gasteiger partial charge in [0.15, 0.2) is 0 Å². The van der Waals surface area contributed by atoms with E-state index in [2.05, 4.69) is 31.3 Å². The van der Waals surface area contributed by atoms with Gasteiger partial charge >= 0.3 is 0 Å². The van der Waals surface area contributed by atoms with Crippen molar-refractivity contribution in [1.29, 1.82) is 5.26 Å². The summed E-state index contributed by atoms with van der Waals surface area (Å²) in [5, 5.41) is 12.9. The van der Waals surface area contributed by atoms with Crippen molar-refractivity contribution in [1.82, 2.24) is 0 Å². The van der Waals surface area contributed by atoms with Crippen LogP contribution < -0.4 is 14.8 Å². The van der Waals surface area contributed by atoms with Gasteiger partial charge in [0.2, 0.25) is 0 Å². The van der Waals surface area contributed by atoms with Crippen LogP contribution in [-0.4, -0.2) is 5.91 Å². The van der Waals surface area contributed by atoms with Crippen LogP contribution in [-0.2, 0) is 18.0 Å². The lowest BCUT2D eigenvalue weighted by Crippen LogP contribution is -2.13. The number of hydrogen-bond donors (Lipinski definition) is 1. The maximum Gasteiger partial charge on any atom is 0.266 e. The predicted molar refractivity (Wildman–Crippen MR) is 151 cm³/mol. The molecule has 0 saturated heterocycles. The second kappa shape index (κ2) is 12.6. The van der Waals surface area contributed by atoms with Gasteiger partial charge < -0.3 is 14.8 Å². The monoisotopic (exact) mass is 522 g/mol. The molecule has 0 aliphatic heterocycles. The van der Waals surface area contributed by atoms with E-state index in [4.69, 9.17) is 21.1 Å². The van der Waals surface area contributed by atoms with Crippen molar-refractivity contribution in [3.05, 3.63) is 129 Å². The summed E-state index contributed by atoms with van der Waals surface area (Å²) in [6, 6.07) is 30.1. The first-order chi connectivity index (χ1) is 18.4. The van der Waals surface area contributed by atoms with Crippen molar-refractivity contribution < 1.29 is 14.3 Å². The highest BCUT2D eigenvalue weighted by Gasteiger charge is 2.13. The third kappa shape index (κ3) is 7.25. The molecule has 0 aliphatic rings. The van der Waals surface area contributed by atoms with Gasteiger partial charge in [-0.2, -0.15) is 5.26 Å². The molecule has 0 saturated carbocycles. The molecule has 190 valence electrons. The maximum atomic E-state index is 12.9. The zero-order valence-corrected chi connectivity index (χ0v) is 22.0. The summed E-state index contributed by atoms with van der Waals surface area (Å²) in [5.74, 6) is 0.658. The highest BCUT2D eigenvalue weighted by molar-refractivity contribution is 6.30. The first-order valence-corrected chi connectivity index (χ1v) is 12.5. The van der Waals surface area contributed by atoms with E-state index in [0.717, 1.165) is 11.1 Å². The molecule has 6 heteroatoms. The Bertz CT molecular complexity index is 1490. The lowest BCUT2D eigenvalue weighted by molar-refractivity contribution is -0.112. The molecule has 4 aromatic carbocycles. The fourth-order valence-electron chi connectivity index (χ4n) is 3.70. The minimum absolute atomic E-state index is 0.0762. The molecule has 0 radical (unpaired) electrons. The molecule has 1 N–H and O–H groups in total. The van der Waals surface area contributed by atoms with E-state index in [-0.39, 0.29) is 5.57 Å². The van der Waals surface area contributed by atoms with Gasteiger partial charge in [-0.1, -0.05) is 60.1 Å². The van der Waals surface area contributed by atoms with Gasteiger partial charge in [-0.15, -0.1) is 0 Å². The second-order valence-corrected chi connectivity index (χ2v) is 9.25.